The SMILES string of the molecule is O=Cc1ccc(-c2c(C(F)(F)F)nn(Cn3nc(C(F)(F)F)c(-c4ccc(C=O)cc4)c3C(F)(F)F)c2C(F)(F)F)cc1. The van der Waals surface area contributed by atoms with Gasteiger partial charge in [-0.25, -0.2) is 9.36 Å². The minimum atomic E-state index is -5.74. The number of hydrogen-bond donors (Lipinski definition) is 0. The molecule has 0 bridgehead atoms. The first-order chi connectivity index (χ1) is 19.8. The fraction of sp³-hybridized carbons (Fsp3) is 0.200. The first-order valence-electron chi connectivity index (χ1n) is 11.4. The van der Waals surface area contributed by atoms with Gasteiger partial charge in [-0.2, -0.15) is 62.9 Å². The number of aromatic nitrogens is 4. The smallest absolute Gasteiger partial charge is 0.298 e. The summed E-state index contributed by atoms with van der Waals surface area (Å²) in [6.45, 7) is -1.99. The van der Waals surface area contributed by atoms with Crippen LogP contribution in [0.1, 0.15) is 43.5 Å². The maximum Gasteiger partial charge on any atom is 0.435 e. The summed E-state index contributed by atoms with van der Waals surface area (Å²) < 4.78 is 168. The normalized spacial score (nSPS) is 12.9. The molecule has 0 saturated carbocycles. The Balaban J connectivity index is 2.05. The second-order valence-electron chi connectivity index (χ2n) is 8.76. The van der Waals surface area contributed by atoms with Gasteiger partial charge in [0.25, 0.3) is 0 Å². The van der Waals surface area contributed by atoms with Crippen molar-refractivity contribution in [2.75, 3.05) is 0 Å². The van der Waals surface area contributed by atoms with Crippen molar-refractivity contribution in [2.24, 2.45) is 0 Å². The predicted octanol–water partition coefficient (Wildman–Crippen LogP) is 7.62. The van der Waals surface area contributed by atoms with Gasteiger partial charge in [0.2, 0.25) is 0 Å². The van der Waals surface area contributed by atoms with Crippen molar-refractivity contribution in [1.29, 1.82) is 0 Å². The third kappa shape index (κ3) is 6.12. The summed E-state index contributed by atoms with van der Waals surface area (Å²) in [7, 11) is 0. The van der Waals surface area contributed by atoms with E-state index in [0.29, 0.717) is 24.3 Å². The second-order valence-corrected chi connectivity index (χ2v) is 8.76. The standard InChI is InChI=1S/C25H12F12N4O2/c26-22(27,28)18-16(14-5-1-12(9-42)2-6-14)20(24(32,33)34)40(38-18)11-41-21(25(35,36)37)17(19(39-41)23(29,30)31)15-7-3-13(10-43)4-8-15/h1-10H,11H2. The Hall–Kier alpha value is -4.64. The summed E-state index contributed by atoms with van der Waals surface area (Å²) in [6, 6.07) is 6.28. The highest BCUT2D eigenvalue weighted by atomic mass is 19.4. The molecule has 0 N–H and O–H groups in total. The van der Waals surface area contributed by atoms with Crippen molar-refractivity contribution in [3.8, 4) is 22.3 Å². The van der Waals surface area contributed by atoms with Crippen molar-refractivity contribution in [3.05, 3.63) is 82.4 Å². The van der Waals surface area contributed by atoms with Gasteiger partial charge in [-0.1, -0.05) is 48.5 Å². The van der Waals surface area contributed by atoms with Gasteiger partial charge in [-0.15, -0.1) is 0 Å². The zero-order valence-corrected chi connectivity index (χ0v) is 20.6. The van der Waals surface area contributed by atoms with Crippen LogP contribution >= 0.6 is 0 Å². The molecule has 0 atom stereocenters. The molecule has 2 aromatic carbocycles. The maximum absolute atomic E-state index is 14.2. The first kappa shape index (κ1) is 31.3. The molecule has 0 aliphatic carbocycles. The molecule has 0 aliphatic rings. The predicted molar refractivity (Wildman–Crippen MR) is 122 cm³/mol. The van der Waals surface area contributed by atoms with Gasteiger partial charge in [0.15, 0.2) is 22.8 Å². The van der Waals surface area contributed by atoms with Gasteiger partial charge >= 0.3 is 24.7 Å². The number of halogens is 12. The zero-order valence-electron chi connectivity index (χ0n) is 20.6. The summed E-state index contributed by atoms with van der Waals surface area (Å²) in [6.07, 6.45) is -22.2. The molecule has 0 spiro atoms. The van der Waals surface area contributed by atoms with E-state index in [4.69, 9.17) is 0 Å². The van der Waals surface area contributed by atoms with Crippen molar-refractivity contribution >= 4 is 12.6 Å². The number of hydrogen-bond acceptors (Lipinski definition) is 4. The van der Waals surface area contributed by atoms with Crippen molar-refractivity contribution < 1.29 is 62.3 Å². The lowest BCUT2D eigenvalue weighted by Crippen LogP contribution is -2.24. The van der Waals surface area contributed by atoms with E-state index >= 15 is 0 Å². The molecule has 0 radical (unpaired) electrons. The number of carbonyl (C=O) groups excluding carboxylic acids is 2. The molecule has 0 saturated heterocycles. The highest BCUT2D eigenvalue weighted by Crippen LogP contribution is 2.47. The molecule has 4 rings (SSSR count). The average molecular weight is 628 g/mol. The van der Waals surface area contributed by atoms with Gasteiger partial charge < -0.3 is 0 Å². The summed E-state index contributed by atoms with van der Waals surface area (Å²) in [5.74, 6) is 0. The van der Waals surface area contributed by atoms with Crippen LogP contribution < -0.4 is 0 Å². The van der Waals surface area contributed by atoms with Gasteiger partial charge in [-0.3, -0.25) is 9.59 Å². The van der Waals surface area contributed by atoms with E-state index in [1.807, 2.05) is 0 Å². The van der Waals surface area contributed by atoms with Gasteiger partial charge in [-0.05, 0) is 11.1 Å². The Morgan fingerprint density at radius 1 is 0.512 bits per heavy atom. The molecular formula is C25H12F12N4O2. The van der Waals surface area contributed by atoms with Gasteiger partial charge in [0.1, 0.15) is 19.2 Å². The maximum atomic E-state index is 14.2. The highest BCUT2D eigenvalue weighted by Gasteiger charge is 2.49. The fourth-order valence-corrected chi connectivity index (χ4v) is 4.23. The largest absolute Gasteiger partial charge is 0.435 e. The Morgan fingerprint density at radius 2 is 0.814 bits per heavy atom. The van der Waals surface area contributed by atoms with Crippen LogP contribution in [0.25, 0.3) is 22.3 Å². The fourth-order valence-electron chi connectivity index (χ4n) is 4.23. The molecule has 4 aromatic rings. The van der Waals surface area contributed by atoms with E-state index in [1.54, 1.807) is 0 Å². The number of carbonyl (C=O) groups is 2. The summed E-state index contributed by atoms with van der Waals surface area (Å²) in [5.41, 5.74) is -14.0. The van der Waals surface area contributed by atoms with Crippen LogP contribution in [-0.4, -0.2) is 32.1 Å². The van der Waals surface area contributed by atoms with E-state index in [2.05, 4.69) is 10.2 Å². The zero-order chi connectivity index (χ0) is 32.1. The number of benzene rings is 2. The Labute approximate surface area is 231 Å². The van der Waals surface area contributed by atoms with E-state index in [0.717, 1.165) is 24.3 Å². The molecule has 2 heterocycles. The molecule has 6 nitrogen and oxygen atoms in total. The van der Waals surface area contributed by atoms with E-state index < -0.39 is 85.8 Å². The summed E-state index contributed by atoms with van der Waals surface area (Å²) >= 11 is 0. The van der Waals surface area contributed by atoms with Crippen LogP contribution in [0.4, 0.5) is 52.7 Å². The third-order valence-corrected chi connectivity index (χ3v) is 5.92. The Kier molecular flexibility index (Phi) is 7.69. The number of rotatable bonds is 6. The van der Waals surface area contributed by atoms with Crippen LogP contribution in [-0.2, 0) is 31.4 Å². The van der Waals surface area contributed by atoms with Gasteiger partial charge in [0.05, 0.1) is 0 Å². The minimum Gasteiger partial charge on any atom is -0.298 e. The van der Waals surface area contributed by atoms with Crippen LogP contribution in [0, 0.1) is 0 Å². The van der Waals surface area contributed by atoms with Crippen molar-refractivity contribution in [1.82, 2.24) is 19.6 Å². The van der Waals surface area contributed by atoms with Crippen molar-refractivity contribution in [2.45, 2.75) is 31.4 Å². The Morgan fingerprint density at radius 3 is 1.05 bits per heavy atom. The first-order valence-corrected chi connectivity index (χ1v) is 11.4. The van der Waals surface area contributed by atoms with Crippen LogP contribution in [0.15, 0.2) is 48.5 Å². The second kappa shape index (κ2) is 10.6. The molecule has 228 valence electrons. The average Bonchev–Trinajstić information content (AvgIpc) is 3.48. The molecule has 0 amide bonds. The van der Waals surface area contributed by atoms with E-state index in [9.17, 15) is 62.3 Å². The lowest BCUT2D eigenvalue weighted by atomic mass is 10.0. The molecule has 0 fully saturated rings. The van der Waals surface area contributed by atoms with Crippen LogP contribution in [0.2, 0.25) is 0 Å². The molecule has 2 aromatic heterocycles. The lowest BCUT2D eigenvalue weighted by Gasteiger charge is -2.16. The van der Waals surface area contributed by atoms with Gasteiger partial charge in [0, 0.05) is 22.3 Å². The third-order valence-electron chi connectivity index (χ3n) is 5.92. The van der Waals surface area contributed by atoms with E-state index in [1.165, 1.54) is 0 Å². The molecule has 0 unspecified atom stereocenters. The monoisotopic (exact) mass is 628 g/mol. The topological polar surface area (TPSA) is 69.8 Å². The van der Waals surface area contributed by atoms with Crippen LogP contribution in [0.3, 0.4) is 0 Å². The summed E-state index contributed by atoms with van der Waals surface area (Å²) in [4.78, 5) is 21.8. The number of nitrogens with zero attached hydrogens (tertiary/aromatic N) is 4. The minimum absolute atomic E-state index is 0.141. The molecule has 18 heteroatoms. The summed E-state index contributed by atoms with van der Waals surface area (Å²) in [5, 5.41) is 5.67. The molecule has 43 heavy (non-hydrogen) atoms. The molecular weight excluding hydrogens is 616 g/mol. The van der Waals surface area contributed by atoms with Crippen LogP contribution in [0.5, 0.6) is 0 Å². The molecule has 0 aliphatic heterocycles. The Bertz CT molecular complexity index is 1530. The quantitative estimate of drug-likeness (QED) is 0.163. The number of alkyl halides is 12. The van der Waals surface area contributed by atoms with Crippen molar-refractivity contribution in [3.63, 3.8) is 0 Å². The van der Waals surface area contributed by atoms with E-state index in [-0.39, 0.29) is 23.7 Å². The lowest BCUT2D eigenvalue weighted by molar-refractivity contribution is -0.146. The number of aldehydes is 2. The highest BCUT2D eigenvalue weighted by molar-refractivity contribution is 5.79.